The van der Waals surface area contributed by atoms with E-state index in [1.807, 2.05) is 55.0 Å². The lowest BCUT2D eigenvalue weighted by Crippen LogP contribution is -2.37. The summed E-state index contributed by atoms with van der Waals surface area (Å²) in [7, 11) is -1.19. The van der Waals surface area contributed by atoms with Gasteiger partial charge in [-0.2, -0.15) is 0 Å². The molecule has 0 aliphatic carbocycles. The SMILES string of the molecule is Cl.O=Cc1cnc2sc3c(N4CCOCC4)nc(-c4cccc5[nH]ccc45)nc3c2c1.O=S1CCN(Cc2cnc3oc4c(N5CCOCC5)nc(-c5cccc6[nH]ccc56)nc4c3c2)CC1.O=S1CCNCC1. The number of aromatic nitrogens is 8. The summed E-state index contributed by atoms with van der Waals surface area (Å²) in [5.41, 5.74) is 8.53. The summed E-state index contributed by atoms with van der Waals surface area (Å²) >= 11 is 1.57. The minimum atomic E-state index is -0.692. The third-order valence-electron chi connectivity index (χ3n) is 13.5. The second-order valence-electron chi connectivity index (χ2n) is 18.1. The Morgan fingerprint density at radius 2 is 1.26 bits per heavy atom. The largest absolute Gasteiger partial charge is 0.432 e. The number of anilines is 2. The Morgan fingerprint density at radius 1 is 0.649 bits per heavy atom. The topological polar surface area (TPSA) is 213 Å². The molecule has 0 amide bonds. The number of morpholine rings is 2. The van der Waals surface area contributed by atoms with Crippen LogP contribution in [0.1, 0.15) is 15.9 Å². The van der Waals surface area contributed by atoms with Crippen LogP contribution in [0.3, 0.4) is 0 Å². The predicted molar refractivity (Wildman–Crippen MR) is 297 cm³/mol. The van der Waals surface area contributed by atoms with Gasteiger partial charge in [0.25, 0.3) is 0 Å². The number of fused-ring (bicyclic) bond motifs is 8. The normalized spacial score (nSPS) is 17.1. The highest BCUT2D eigenvalue weighted by Crippen LogP contribution is 2.40. The van der Waals surface area contributed by atoms with Gasteiger partial charge in [-0.25, -0.2) is 29.9 Å². The zero-order valence-electron chi connectivity index (χ0n) is 40.3. The number of hydrogen-bond acceptors (Lipinski definition) is 17. The Bertz CT molecular complexity index is 3680. The molecule has 2 aromatic carbocycles. The quantitative estimate of drug-likeness (QED) is 0.136. The van der Waals surface area contributed by atoms with E-state index in [-0.39, 0.29) is 12.4 Å². The molecule has 22 heteroatoms. The minimum Gasteiger partial charge on any atom is -0.432 e. The molecule has 0 atom stereocenters. The van der Waals surface area contributed by atoms with Crippen LogP contribution < -0.4 is 15.1 Å². The summed E-state index contributed by atoms with van der Waals surface area (Å²) in [6, 6.07) is 20.3. The van der Waals surface area contributed by atoms with Gasteiger partial charge in [0.2, 0.25) is 5.71 Å². The molecule has 0 saturated carbocycles. The van der Waals surface area contributed by atoms with Gasteiger partial charge in [-0.05, 0) is 42.0 Å². The van der Waals surface area contributed by atoms with Crippen LogP contribution in [0.5, 0.6) is 0 Å². The zero-order valence-corrected chi connectivity index (χ0v) is 43.6. The molecule has 4 saturated heterocycles. The first-order valence-electron chi connectivity index (χ1n) is 24.5. The van der Waals surface area contributed by atoms with E-state index in [1.54, 1.807) is 17.5 Å². The number of hydrogen-bond donors (Lipinski definition) is 3. The van der Waals surface area contributed by atoms with E-state index >= 15 is 0 Å². The van der Waals surface area contributed by atoms with Crippen molar-refractivity contribution in [2.24, 2.45) is 0 Å². The minimum absolute atomic E-state index is 0. The van der Waals surface area contributed by atoms with Crippen LogP contribution in [-0.4, -0.2) is 161 Å². The number of H-pyrrole nitrogens is 2. The molecule has 4 aliphatic heterocycles. The van der Waals surface area contributed by atoms with Crippen molar-refractivity contribution in [1.82, 2.24) is 50.1 Å². The maximum atomic E-state index is 11.8. The molecule has 4 aliphatic rings. The van der Waals surface area contributed by atoms with Crippen LogP contribution in [0.4, 0.5) is 11.6 Å². The number of carbonyl (C=O) groups excluding carboxylic acids is 1. The molecule has 74 heavy (non-hydrogen) atoms. The van der Waals surface area contributed by atoms with Crippen molar-refractivity contribution in [2.45, 2.75) is 6.54 Å². The maximum absolute atomic E-state index is 11.8. The van der Waals surface area contributed by atoms with Gasteiger partial charge >= 0.3 is 0 Å². The van der Waals surface area contributed by atoms with Crippen molar-refractivity contribution in [3.63, 3.8) is 0 Å². The summed E-state index contributed by atoms with van der Waals surface area (Å²) < 4.78 is 40.7. The number of pyridine rings is 2. The van der Waals surface area contributed by atoms with Gasteiger partial charge < -0.3 is 39.0 Å². The summed E-state index contributed by atoms with van der Waals surface area (Å²) in [6.07, 6.45) is 8.17. The van der Waals surface area contributed by atoms with Crippen molar-refractivity contribution in [3.05, 3.63) is 96.6 Å². The number of rotatable bonds is 7. The van der Waals surface area contributed by atoms with E-state index in [0.717, 1.165) is 170 Å². The van der Waals surface area contributed by atoms with E-state index in [9.17, 15) is 13.2 Å². The van der Waals surface area contributed by atoms with E-state index in [1.165, 1.54) is 0 Å². The molecule has 0 spiro atoms. The standard InChI is InChI=1S/C26H26N6O3S.C22H17N5O2S.C4H9NOS.ClH/c33-36-12-8-31(9-13-36)16-17-14-20-22-23(35-26(20)28-15-17)25(32-6-10-34-11-7-32)30-24(29-22)19-2-1-3-21-18(19)4-5-27-21;28-12-13-10-16-18-19(30-22(16)24-11-13)21(27-6-8-29-9-7-27)26-20(25-18)15-2-1-3-17-14(15)4-5-23-17;6-7-3-1-5-2-4-7;/h1-5,14-15,27H,6-13,16H2;1-5,10-12,23H,6-9H2;5H,1-4H2;1H. The van der Waals surface area contributed by atoms with E-state index in [2.05, 4.69) is 64.2 Å². The van der Waals surface area contributed by atoms with Crippen LogP contribution in [0, 0.1) is 0 Å². The summed E-state index contributed by atoms with van der Waals surface area (Å²) in [4.78, 5) is 54.7. The van der Waals surface area contributed by atoms with Crippen molar-refractivity contribution in [2.75, 3.05) is 112 Å². The first kappa shape index (κ1) is 49.9. The van der Waals surface area contributed by atoms with Gasteiger partial charge in [0, 0.05) is 172 Å². The van der Waals surface area contributed by atoms with Gasteiger partial charge in [0.15, 0.2) is 35.2 Å². The maximum Gasteiger partial charge on any atom is 0.229 e. The average Bonchev–Trinajstić information content (AvgIpc) is 4.28. The highest BCUT2D eigenvalue weighted by Gasteiger charge is 2.26. The van der Waals surface area contributed by atoms with Gasteiger partial charge in [-0.3, -0.25) is 18.1 Å². The zero-order chi connectivity index (χ0) is 49.3. The Kier molecular flexibility index (Phi) is 15.0. The van der Waals surface area contributed by atoms with Crippen LogP contribution in [0.15, 0.2) is 89.9 Å². The monoisotopic (exact) mass is 1070 g/mol. The lowest BCUT2D eigenvalue weighted by Gasteiger charge is -2.28. The van der Waals surface area contributed by atoms with Gasteiger partial charge in [0.05, 0.1) is 42.0 Å². The number of carbonyl (C=O) groups is 1. The Morgan fingerprint density at radius 3 is 1.88 bits per heavy atom. The third-order valence-corrected chi connectivity index (χ3v) is 17.2. The summed E-state index contributed by atoms with van der Waals surface area (Å²) in [5.74, 6) is 6.18. The second-order valence-corrected chi connectivity index (χ2v) is 22.5. The van der Waals surface area contributed by atoms with E-state index in [0.29, 0.717) is 54.9 Å². The smallest absolute Gasteiger partial charge is 0.229 e. The highest BCUT2D eigenvalue weighted by atomic mass is 35.5. The molecule has 14 rings (SSSR count). The van der Waals surface area contributed by atoms with Crippen LogP contribution in [0.2, 0.25) is 0 Å². The molecule has 3 N–H and O–H groups in total. The fourth-order valence-corrected chi connectivity index (χ4v) is 12.9. The molecule has 8 aromatic heterocycles. The average molecular weight is 1070 g/mol. The molecule has 10 aromatic rings. The molecular weight excluding hydrogens is 1020 g/mol. The van der Waals surface area contributed by atoms with E-state index in [4.69, 9.17) is 33.8 Å². The fraction of sp³-hybridized carbons (Fsp3) is 0.327. The van der Waals surface area contributed by atoms with Gasteiger partial charge in [-0.1, -0.05) is 24.3 Å². The van der Waals surface area contributed by atoms with E-state index < -0.39 is 21.6 Å². The first-order chi connectivity index (χ1) is 35.9. The predicted octanol–water partition coefficient (Wildman–Crippen LogP) is 7.12. The third kappa shape index (κ3) is 10.3. The molecule has 0 unspecified atom stereocenters. The number of nitrogens with one attached hydrogen (secondary N) is 3. The van der Waals surface area contributed by atoms with Crippen molar-refractivity contribution in [3.8, 4) is 22.8 Å². The number of aromatic amines is 2. The Labute approximate surface area is 440 Å². The number of nitrogens with zero attached hydrogens (tertiary/aromatic N) is 9. The van der Waals surface area contributed by atoms with Crippen LogP contribution >= 0.6 is 23.7 Å². The van der Waals surface area contributed by atoms with Gasteiger partial charge in [-0.15, -0.1) is 23.7 Å². The fourth-order valence-electron chi connectivity index (χ4n) is 9.71. The molecule has 12 heterocycles. The number of halogens is 1. The molecule has 18 nitrogen and oxygen atoms in total. The summed E-state index contributed by atoms with van der Waals surface area (Å²) in [5, 5.41) is 7.06. The molecular formula is C52H53ClN12O6S3. The summed E-state index contributed by atoms with van der Waals surface area (Å²) in [6.45, 7) is 10.0. The van der Waals surface area contributed by atoms with Crippen molar-refractivity contribution < 1.29 is 27.1 Å². The van der Waals surface area contributed by atoms with Gasteiger partial charge in [0.1, 0.15) is 10.3 Å². The Balaban J connectivity index is 0.000000140. The van der Waals surface area contributed by atoms with Crippen LogP contribution in [0.25, 0.3) is 87.2 Å². The highest BCUT2D eigenvalue weighted by molar-refractivity contribution is 7.85. The Hall–Kier alpha value is -6.30. The number of furan rings is 1. The molecule has 4 fully saturated rings. The molecule has 0 bridgehead atoms. The van der Waals surface area contributed by atoms with Crippen molar-refractivity contribution in [1.29, 1.82) is 0 Å². The molecule has 382 valence electrons. The number of ether oxygens (including phenoxy) is 2. The number of aldehydes is 1. The first-order valence-corrected chi connectivity index (χ1v) is 28.3. The van der Waals surface area contributed by atoms with Crippen molar-refractivity contribution >= 4 is 128 Å². The lowest BCUT2D eigenvalue weighted by atomic mass is 10.1. The number of thiophene rings is 1. The lowest BCUT2D eigenvalue weighted by molar-refractivity contribution is 0.112. The van der Waals surface area contributed by atoms with Crippen LogP contribution in [-0.2, 0) is 37.6 Å². The second kappa shape index (κ2) is 22.3. The number of benzene rings is 2. The molecule has 0 radical (unpaired) electrons.